The van der Waals surface area contributed by atoms with Gasteiger partial charge in [0.2, 0.25) is 0 Å². The van der Waals surface area contributed by atoms with Crippen molar-refractivity contribution in [1.82, 2.24) is 0 Å². The van der Waals surface area contributed by atoms with Crippen LogP contribution in [0.3, 0.4) is 0 Å². The van der Waals surface area contributed by atoms with Crippen LogP contribution < -0.4 is 0 Å². The number of aliphatic carboxylic acids is 2. The lowest BCUT2D eigenvalue weighted by Gasteiger charge is -2.03. The summed E-state index contributed by atoms with van der Waals surface area (Å²) in [5, 5.41) is 17.0. The fraction of sp³-hybridized carbons (Fsp3) is 0.944. The van der Waals surface area contributed by atoms with Crippen molar-refractivity contribution in [2.45, 2.75) is 219 Å². The van der Waals surface area contributed by atoms with Gasteiger partial charge in [0.1, 0.15) is 0 Å². The molecule has 240 valence electrons. The molecular formula is C36H72O4. The van der Waals surface area contributed by atoms with Gasteiger partial charge in [-0.2, -0.15) is 0 Å². The van der Waals surface area contributed by atoms with E-state index in [1.54, 1.807) is 0 Å². The number of carboxylic acids is 2. The summed E-state index contributed by atoms with van der Waals surface area (Å²) < 4.78 is 0. The zero-order valence-electron chi connectivity index (χ0n) is 27.3. The molecule has 0 aliphatic carbocycles. The molecule has 0 saturated carbocycles. The van der Waals surface area contributed by atoms with Crippen molar-refractivity contribution in [3.8, 4) is 0 Å². The van der Waals surface area contributed by atoms with Gasteiger partial charge in [-0.1, -0.05) is 194 Å². The first-order valence-corrected chi connectivity index (χ1v) is 18.0. The van der Waals surface area contributed by atoms with Crippen LogP contribution in [0.1, 0.15) is 219 Å². The molecule has 0 amide bonds. The topological polar surface area (TPSA) is 74.6 Å². The molecule has 0 aliphatic rings. The molecule has 4 nitrogen and oxygen atoms in total. The number of carbonyl (C=O) groups is 2. The lowest BCUT2D eigenvalue weighted by atomic mass is 10.0. The molecule has 4 heteroatoms. The maximum absolute atomic E-state index is 10.4. The van der Waals surface area contributed by atoms with Crippen molar-refractivity contribution in [1.29, 1.82) is 0 Å². The Bertz CT molecular complexity index is 491. The van der Waals surface area contributed by atoms with Gasteiger partial charge >= 0.3 is 11.9 Å². The Hall–Kier alpha value is -1.06. The van der Waals surface area contributed by atoms with E-state index in [1.807, 2.05) is 0 Å². The molecule has 0 fully saturated rings. The Labute approximate surface area is 250 Å². The summed E-state index contributed by atoms with van der Waals surface area (Å²) in [5.74, 6) is -1.31. The number of hydrogen-bond acceptors (Lipinski definition) is 2. The maximum atomic E-state index is 10.4. The van der Waals surface area contributed by atoms with E-state index in [0.29, 0.717) is 12.8 Å². The van der Waals surface area contributed by atoms with Crippen LogP contribution in [0.5, 0.6) is 0 Å². The standard InChI is InChI=1S/C21H42O2.C15H30O2/c1-2-3-4-5-6-7-8-9-10-11-12-13-14-15-16-17-18-19-20-21(22)23;1-2-3-4-5-6-7-8-9-10-11-12-13-14-15(16)17/h2-20H2,1H3,(H,22,23);2-14H2,1H3,(H,16,17). The second kappa shape index (κ2) is 37.9. The molecule has 0 saturated heterocycles. The molecule has 0 aliphatic heterocycles. The van der Waals surface area contributed by atoms with Crippen molar-refractivity contribution in [3.05, 3.63) is 0 Å². The molecule has 40 heavy (non-hydrogen) atoms. The van der Waals surface area contributed by atoms with Crippen molar-refractivity contribution in [2.24, 2.45) is 0 Å². The molecule has 0 rings (SSSR count). The lowest BCUT2D eigenvalue weighted by Crippen LogP contribution is -1.93. The van der Waals surface area contributed by atoms with Gasteiger partial charge in [-0.3, -0.25) is 9.59 Å². The average Bonchev–Trinajstić information content (AvgIpc) is 2.93. The van der Waals surface area contributed by atoms with Crippen LogP contribution >= 0.6 is 0 Å². The minimum atomic E-state index is -0.655. The van der Waals surface area contributed by atoms with E-state index in [0.717, 1.165) is 25.7 Å². The Morgan fingerprint density at radius 2 is 0.450 bits per heavy atom. The van der Waals surface area contributed by atoms with Gasteiger partial charge < -0.3 is 10.2 Å². The fourth-order valence-corrected chi connectivity index (χ4v) is 5.30. The van der Waals surface area contributed by atoms with E-state index >= 15 is 0 Å². The molecule has 0 bridgehead atoms. The van der Waals surface area contributed by atoms with Crippen molar-refractivity contribution in [2.75, 3.05) is 0 Å². The van der Waals surface area contributed by atoms with Crippen LogP contribution in [-0.2, 0) is 9.59 Å². The van der Waals surface area contributed by atoms with Crippen molar-refractivity contribution >= 4 is 11.9 Å². The summed E-state index contributed by atoms with van der Waals surface area (Å²) in [6, 6.07) is 0. The molecule has 0 radical (unpaired) electrons. The summed E-state index contributed by atoms with van der Waals surface area (Å²) in [6.45, 7) is 4.53. The van der Waals surface area contributed by atoms with Crippen LogP contribution in [0, 0.1) is 0 Å². The first-order valence-electron chi connectivity index (χ1n) is 18.0. The highest BCUT2D eigenvalue weighted by Crippen LogP contribution is 2.15. The third-order valence-electron chi connectivity index (χ3n) is 7.99. The van der Waals surface area contributed by atoms with Gasteiger partial charge in [-0.25, -0.2) is 0 Å². The van der Waals surface area contributed by atoms with Gasteiger partial charge in [-0.15, -0.1) is 0 Å². The number of carboxylic acid groups (broad SMARTS) is 2. The van der Waals surface area contributed by atoms with Crippen LogP contribution in [0.25, 0.3) is 0 Å². The summed E-state index contributed by atoms with van der Waals surface area (Å²) in [6.07, 6.45) is 40.4. The average molecular weight is 569 g/mol. The van der Waals surface area contributed by atoms with Crippen LogP contribution in [0.15, 0.2) is 0 Å². The zero-order chi connectivity index (χ0) is 29.8. The van der Waals surface area contributed by atoms with E-state index in [4.69, 9.17) is 10.2 Å². The normalized spacial score (nSPS) is 10.8. The van der Waals surface area contributed by atoms with Crippen LogP contribution in [0.2, 0.25) is 0 Å². The molecule has 0 aromatic carbocycles. The first-order chi connectivity index (χ1) is 19.5. The summed E-state index contributed by atoms with van der Waals surface area (Å²) >= 11 is 0. The lowest BCUT2D eigenvalue weighted by molar-refractivity contribution is -0.138. The summed E-state index contributed by atoms with van der Waals surface area (Å²) in [7, 11) is 0. The predicted octanol–water partition coefficient (Wildman–Crippen LogP) is 12.7. The van der Waals surface area contributed by atoms with E-state index in [-0.39, 0.29) is 0 Å². The first kappa shape index (κ1) is 41.1. The number of hydrogen-bond donors (Lipinski definition) is 2. The summed E-state index contributed by atoms with van der Waals surface area (Å²) in [4.78, 5) is 20.7. The molecule has 0 heterocycles. The van der Waals surface area contributed by atoms with E-state index in [2.05, 4.69) is 13.8 Å². The number of rotatable bonds is 32. The zero-order valence-corrected chi connectivity index (χ0v) is 27.3. The van der Waals surface area contributed by atoms with Crippen LogP contribution in [0.4, 0.5) is 0 Å². The van der Waals surface area contributed by atoms with Crippen molar-refractivity contribution < 1.29 is 19.8 Å². The predicted molar refractivity (Wildman–Crippen MR) is 174 cm³/mol. The van der Waals surface area contributed by atoms with E-state index < -0.39 is 11.9 Å². The molecule has 0 aromatic heterocycles. The van der Waals surface area contributed by atoms with E-state index in [1.165, 1.54) is 167 Å². The molecule has 0 aromatic rings. The van der Waals surface area contributed by atoms with Gasteiger partial charge in [0, 0.05) is 12.8 Å². The van der Waals surface area contributed by atoms with Gasteiger partial charge in [0.05, 0.1) is 0 Å². The molecule has 0 atom stereocenters. The smallest absolute Gasteiger partial charge is 0.303 e. The minimum Gasteiger partial charge on any atom is -0.481 e. The Kier molecular flexibility index (Phi) is 39.0. The molecule has 0 spiro atoms. The van der Waals surface area contributed by atoms with Gasteiger partial charge in [0.25, 0.3) is 0 Å². The Morgan fingerprint density at radius 3 is 0.600 bits per heavy atom. The van der Waals surface area contributed by atoms with Gasteiger partial charge in [0.15, 0.2) is 0 Å². The SMILES string of the molecule is CCCCCCCCCCCCCCC(=O)O.CCCCCCCCCCCCCCCCCCCCC(=O)O. The third-order valence-corrected chi connectivity index (χ3v) is 7.99. The third kappa shape index (κ3) is 44.0. The highest BCUT2D eigenvalue weighted by molar-refractivity contribution is 5.66. The fourth-order valence-electron chi connectivity index (χ4n) is 5.30. The maximum Gasteiger partial charge on any atom is 0.303 e. The highest BCUT2D eigenvalue weighted by atomic mass is 16.4. The summed E-state index contributed by atoms with van der Waals surface area (Å²) in [5.41, 5.74) is 0. The minimum absolute atomic E-state index is 0.345. The monoisotopic (exact) mass is 569 g/mol. The Balaban J connectivity index is 0. The van der Waals surface area contributed by atoms with Gasteiger partial charge in [-0.05, 0) is 12.8 Å². The number of unbranched alkanes of at least 4 members (excludes halogenated alkanes) is 28. The highest BCUT2D eigenvalue weighted by Gasteiger charge is 1.98. The quantitative estimate of drug-likeness (QED) is 0.0791. The molecule has 0 unspecified atom stereocenters. The largest absolute Gasteiger partial charge is 0.481 e. The Morgan fingerprint density at radius 1 is 0.300 bits per heavy atom. The molecule has 2 N–H and O–H groups in total. The second-order valence-corrected chi connectivity index (χ2v) is 12.2. The van der Waals surface area contributed by atoms with E-state index in [9.17, 15) is 9.59 Å². The second-order valence-electron chi connectivity index (χ2n) is 12.2. The molecular weight excluding hydrogens is 496 g/mol. The van der Waals surface area contributed by atoms with Crippen molar-refractivity contribution in [3.63, 3.8) is 0 Å². The van der Waals surface area contributed by atoms with Crippen LogP contribution in [-0.4, -0.2) is 22.2 Å².